The van der Waals surface area contributed by atoms with Crippen molar-refractivity contribution in [3.8, 4) is 0 Å². The summed E-state index contributed by atoms with van der Waals surface area (Å²) in [6, 6.07) is 10.3. The second kappa shape index (κ2) is 6.21. The number of nitrogens with one attached hydrogen (secondary N) is 1. The summed E-state index contributed by atoms with van der Waals surface area (Å²) in [5.74, 6) is 0. The molecule has 17 heavy (non-hydrogen) atoms. The van der Waals surface area contributed by atoms with E-state index in [1.807, 2.05) is 24.4 Å². The van der Waals surface area contributed by atoms with Gasteiger partial charge in [-0.15, -0.1) is 0 Å². The Balaban J connectivity index is 1.84. The summed E-state index contributed by atoms with van der Waals surface area (Å²) in [6.07, 6.45) is 5.14. The van der Waals surface area contributed by atoms with Gasteiger partial charge in [-0.3, -0.25) is 4.98 Å². The van der Waals surface area contributed by atoms with Gasteiger partial charge in [0.15, 0.2) is 0 Å². The molecule has 0 saturated carbocycles. The van der Waals surface area contributed by atoms with Crippen molar-refractivity contribution in [2.45, 2.75) is 33.0 Å². The number of hydrogen-bond acceptors (Lipinski definition) is 2. The first kappa shape index (κ1) is 11.9. The Kier molecular flexibility index (Phi) is 4.33. The van der Waals surface area contributed by atoms with Gasteiger partial charge in [0, 0.05) is 37.7 Å². The molecule has 0 spiro atoms. The van der Waals surface area contributed by atoms with Crippen LogP contribution < -0.4 is 5.32 Å². The summed E-state index contributed by atoms with van der Waals surface area (Å²) in [6.45, 7) is 5.00. The maximum atomic E-state index is 4.29. The van der Waals surface area contributed by atoms with Crippen molar-refractivity contribution >= 4 is 0 Å². The van der Waals surface area contributed by atoms with Crippen LogP contribution in [0.3, 0.4) is 0 Å². The molecule has 0 amide bonds. The summed E-state index contributed by atoms with van der Waals surface area (Å²) in [7, 11) is 0. The van der Waals surface area contributed by atoms with Crippen molar-refractivity contribution in [1.82, 2.24) is 14.9 Å². The van der Waals surface area contributed by atoms with Crippen molar-refractivity contribution in [3.63, 3.8) is 0 Å². The van der Waals surface area contributed by atoms with E-state index in [1.165, 1.54) is 12.1 Å². The zero-order valence-electron chi connectivity index (χ0n) is 10.3. The molecule has 2 heterocycles. The average Bonchev–Trinajstić information content (AvgIpc) is 2.79. The van der Waals surface area contributed by atoms with Gasteiger partial charge in [-0.25, -0.2) is 0 Å². The monoisotopic (exact) mass is 229 g/mol. The predicted octanol–water partition coefficient (Wildman–Crippen LogP) is 2.58. The molecule has 1 N–H and O–H groups in total. The number of rotatable bonds is 6. The minimum absolute atomic E-state index is 0.818. The van der Waals surface area contributed by atoms with E-state index < -0.39 is 0 Å². The summed E-state index contributed by atoms with van der Waals surface area (Å²) in [5.41, 5.74) is 2.42. The minimum atomic E-state index is 0.818. The third-order valence-corrected chi connectivity index (χ3v) is 2.73. The highest BCUT2D eigenvalue weighted by Crippen LogP contribution is 2.03. The van der Waals surface area contributed by atoms with Crippen molar-refractivity contribution in [3.05, 3.63) is 54.1 Å². The fraction of sp³-hybridized carbons (Fsp3) is 0.357. The van der Waals surface area contributed by atoms with Crippen molar-refractivity contribution in [1.29, 1.82) is 0 Å². The summed E-state index contributed by atoms with van der Waals surface area (Å²) < 4.78 is 2.30. The van der Waals surface area contributed by atoms with E-state index >= 15 is 0 Å². The molecule has 2 aromatic rings. The Morgan fingerprint density at radius 3 is 2.88 bits per heavy atom. The molecule has 0 atom stereocenters. The highest BCUT2D eigenvalue weighted by atomic mass is 15.0. The van der Waals surface area contributed by atoms with Gasteiger partial charge in [0.25, 0.3) is 0 Å². The van der Waals surface area contributed by atoms with Crippen LogP contribution in [0.1, 0.15) is 24.7 Å². The van der Waals surface area contributed by atoms with E-state index in [0.717, 1.165) is 25.3 Å². The molecule has 90 valence electrons. The van der Waals surface area contributed by atoms with Crippen LogP contribution in [-0.4, -0.2) is 9.55 Å². The predicted molar refractivity (Wildman–Crippen MR) is 69.5 cm³/mol. The van der Waals surface area contributed by atoms with Crippen LogP contribution in [0.15, 0.2) is 42.7 Å². The molecule has 0 bridgehead atoms. The third kappa shape index (κ3) is 3.43. The van der Waals surface area contributed by atoms with Crippen molar-refractivity contribution < 1.29 is 0 Å². The zero-order valence-corrected chi connectivity index (χ0v) is 10.3. The first-order valence-electron chi connectivity index (χ1n) is 6.15. The van der Waals surface area contributed by atoms with Crippen LogP contribution in [-0.2, 0) is 19.6 Å². The van der Waals surface area contributed by atoms with Crippen LogP contribution in [0.4, 0.5) is 0 Å². The maximum Gasteiger partial charge on any atom is 0.0541 e. The Morgan fingerprint density at radius 1 is 1.18 bits per heavy atom. The average molecular weight is 229 g/mol. The van der Waals surface area contributed by atoms with Gasteiger partial charge in [-0.1, -0.05) is 13.0 Å². The third-order valence-electron chi connectivity index (χ3n) is 2.73. The lowest BCUT2D eigenvalue weighted by Gasteiger charge is -2.08. The topological polar surface area (TPSA) is 29.9 Å². The van der Waals surface area contributed by atoms with Crippen LogP contribution in [0.5, 0.6) is 0 Å². The van der Waals surface area contributed by atoms with Gasteiger partial charge in [-0.2, -0.15) is 0 Å². The van der Waals surface area contributed by atoms with Gasteiger partial charge >= 0.3 is 0 Å². The highest BCUT2D eigenvalue weighted by molar-refractivity contribution is 5.08. The molecule has 0 fully saturated rings. The largest absolute Gasteiger partial charge is 0.350 e. The molecule has 0 unspecified atom stereocenters. The van der Waals surface area contributed by atoms with Gasteiger partial charge in [0.05, 0.1) is 5.69 Å². The second-order valence-corrected chi connectivity index (χ2v) is 4.12. The first-order chi connectivity index (χ1) is 8.40. The van der Waals surface area contributed by atoms with E-state index in [1.54, 1.807) is 0 Å². The number of aryl methyl sites for hydroxylation is 1. The van der Waals surface area contributed by atoms with Gasteiger partial charge < -0.3 is 9.88 Å². The van der Waals surface area contributed by atoms with Crippen molar-refractivity contribution in [2.24, 2.45) is 0 Å². The van der Waals surface area contributed by atoms with Crippen LogP contribution in [0.2, 0.25) is 0 Å². The zero-order chi connectivity index (χ0) is 11.9. The molecule has 3 nitrogen and oxygen atoms in total. The Labute approximate surface area is 103 Å². The Hall–Kier alpha value is -1.61. The lowest BCUT2D eigenvalue weighted by molar-refractivity contribution is 0.598. The SMILES string of the molecule is CCCn1cccc1CNCc1ccccn1. The molecule has 3 heteroatoms. The first-order valence-corrected chi connectivity index (χ1v) is 6.15. The molecule has 0 saturated heterocycles. The van der Waals surface area contributed by atoms with E-state index in [2.05, 4.69) is 40.1 Å². The quantitative estimate of drug-likeness (QED) is 0.825. The lowest BCUT2D eigenvalue weighted by Crippen LogP contribution is -2.16. The number of pyridine rings is 1. The normalized spacial score (nSPS) is 10.6. The number of aromatic nitrogens is 2. The minimum Gasteiger partial charge on any atom is -0.350 e. The summed E-state index contributed by atoms with van der Waals surface area (Å²) >= 11 is 0. The molecule has 0 aliphatic rings. The highest BCUT2D eigenvalue weighted by Gasteiger charge is 1.99. The van der Waals surface area contributed by atoms with Crippen molar-refractivity contribution in [2.75, 3.05) is 0 Å². The van der Waals surface area contributed by atoms with E-state index in [-0.39, 0.29) is 0 Å². The Morgan fingerprint density at radius 2 is 2.12 bits per heavy atom. The molecule has 0 aromatic carbocycles. The van der Waals surface area contributed by atoms with E-state index in [0.29, 0.717) is 0 Å². The smallest absolute Gasteiger partial charge is 0.0541 e. The number of nitrogens with zero attached hydrogens (tertiary/aromatic N) is 2. The standard InChI is InChI=1S/C14H19N3/c1-2-9-17-10-5-7-14(17)12-15-11-13-6-3-4-8-16-13/h3-8,10,15H,2,9,11-12H2,1H3. The van der Waals surface area contributed by atoms with E-state index in [9.17, 15) is 0 Å². The molecule has 0 aliphatic heterocycles. The van der Waals surface area contributed by atoms with Gasteiger partial charge in [-0.05, 0) is 30.7 Å². The summed E-state index contributed by atoms with van der Waals surface area (Å²) in [5, 5.41) is 3.42. The van der Waals surface area contributed by atoms with E-state index in [4.69, 9.17) is 0 Å². The van der Waals surface area contributed by atoms with Gasteiger partial charge in [0.2, 0.25) is 0 Å². The lowest BCUT2D eigenvalue weighted by atomic mass is 10.3. The molecular formula is C14H19N3. The van der Waals surface area contributed by atoms with Crippen LogP contribution >= 0.6 is 0 Å². The molecule has 2 aromatic heterocycles. The molecular weight excluding hydrogens is 210 g/mol. The Bertz CT molecular complexity index is 434. The fourth-order valence-electron chi connectivity index (χ4n) is 1.89. The summed E-state index contributed by atoms with van der Waals surface area (Å²) in [4.78, 5) is 4.29. The van der Waals surface area contributed by atoms with Crippen LogP contribution in [0, 0.1) is 0 Å². The maximum absolute atomic E-state index is 4.29. The van der Waals surface area contributed by atoms with Crippen LogP contribution in [0.25, 0.3) is 0 Å². The van der Waals surface area contributed by atoms with Gasteiger partial charge in [0.1, 0.15) is 0 Å². The molecule has 2 rings (SSSR count). The molecule has 0 aliphatic carbocycles. The fourth-order valence-corrected chi connectivity index (χ4v) is 1.89. The second-order valence-electron chi connectivity index (χ2n) is 4.12. The number of hydrogen-bond donors (Lipinski definition) is 1. The molecule has 0 radical (unpaired) electrons.